The summed E-state index contributed by atoms with van der Waals surface area (Å²) in [5.74, 6) is -3.77. The fourth-order valence-electron chi connectivity index (χ4n) is 5.70. The van der Waals surface area contributed by atoms with Gasteiger partial charge in [-0.05, 0) is 117 Å². The molecule has 0 saturated heterocycles. The average Bonchev–Trinajstić information content (AvgIpc) is 3.12. The van der Waals surface area contributed by atoms with E-state index in [9.17, 15) is 56.0 Å². The summed E-state index contributed by atoms with van der Waals surface area (Å²) in [4.78, 5) is 23.4. The van der Waals surface area contributed by atoms with Gasteiger partial charge in [-0.15, -0.1) is 20.5 Å². The van der Waals surface area contributed by atoms with Crippen molar-refractivity contribution in [1.82, 2.24) is 0 Å². The SMILES string of the molecule is Nc1c(N=Nc2ccc(-c3ccc(N=Nc4cc(S(=O)(=O)O)c5c(I)ccc(O)c5c4N)c(C(=O)O)c3)cc2C(=O)O)cc(S(=O)(=O)O)c2c(I)ccc(O)c12. The Kier molecular flexibility index (Phi) is 10.6. The molecule has 0 heterocycles. The number of nitrogen functional groups attached to an aromatic ring is 2. The smallest absolute Gasteiger partial charge is 0.337 e. The summed E-state index contributed by atoms with van der Waals surface area (Å²) < 4.78 is 69.6. The van der Waals surface area contributed by atoms with Crippen LogP contribution in [0.4, 0.5) is 34.1 Å². The minimum atomic E-state index is -4.87. The number of carbonyl (C=O) groups is 2. The van der Waals surface area contributed by atoms with Gasteiger partial charge in [0.05, 0.1) is 33.3 Å². The molecule has 0 spiro atoms. The molecule has 0 atom stereocenters. The number of fused-ring (bicyclic) bond motifs is 2. The number of carboxylic acids is 2. The van der Waals surface area contributed by atoms with Crippen molar-refractivity contribution in [2.75, 3.05) is 11.5 Å². The van der Waals surface area contributed by atoms with Crippen LogP contribution in [0.3, 0.4) is 0 Å². The predicted molar refractivity (Wildman–Crippen MR) is 219 cm³/mol. The van der Waals surface area contributed by atoms with Crippen LogP contribution >= 0.6 is 45.2 Å². The molecule has 0 unspecified atom stereocenters. The molecule has 0 aliphatic carbocycles. The third-order valence-electron chi connectivity index (χ3n) is 8.26. The van der Waals surface area contributed by atoms with Crippen LogP contribution in [0.15, 0.2) is 103 Å². The largest absolute Gasteiger partial charge is 0.507 e. The molecule has 0 bridgehead atoms. The topological polar surface area (TPSA) is 325 Å². The van der Waals surface area contributed by atoms with Gasteiger partial charge >= 0.3 is 11.9 Å². The van der Waals surface area contributed by atoms with Crippen molar-refractivity contribution >= 4 is 133 Å². The van der Waals surface area contributed by atoms with Crippen LogP contribution in [0.25, 0.3) is 32.7 Å². The Balaban J connectivity index is 1.40. The Morgan fingerprint density at radius 3 is 1.18 bits per heavy atom. The first kappa shape index (κ1) is 40.1. The number of aromatic hydroxyl groups is 2. The summed E-state index contributed by atoms with van der Waals surface area (Å²) >= 11 is 3.60. The Labute approximate surface area is 342 Å². The van der Waals surface area contributed by atoms with Crippen LogP contribution in [0.2, 0.25) is 0 Å². The summed E-state index contributed by atoms with van der Waals surface area (Å²) in [5.41, 5.74) is 10.5. The molecule has 0 radical (unpaired) electrons. The maximum Gasteiger partial charge on any atom is 0.337 e. The second-order valence-corrected chi connectivity index (χ2v) is 16.8. The van der Waals surface area contributed by atoms with Gasteiger partial charge in [-0.1, -0.05) is 12.1 Å². The van der Waals surface area contributed by atoms with Gasteiger partial charge in [0, 0.05) is 17.9 Å². The van der Waals surface area contributed by atoms with E-state index in [1.165, 1.54) is 60.7 Å². The van der Waals surface area contributed by atoms with Gasteiger partial charge in [-0.2, -0.15) is 16.8 Å². The molecule has 0 amide bonds. The molecule has 6 aromatic carbocycles. The average molecular weight is 1020 g/mol. The molecule has 22 heteroatoms. The highest BCUT2D eigenvalue weighted by Crippen LogP contribution is 2.45. The van der Waals surface area contributed by atoms with Crippen LogP contribution in [-0.2, 0) is 20.2 Å². The maximum atomic E-state index is 12.3. The van der Waals surface area contributed by atoms with Crippen molar-refractivity contribution in [3.63, 3.8) is 0 Å². The zero-order valence-corrected chi connectivity index (χ0v) is 33.5. The van der Waals surface area contributed by atoms with E-state index in [4.69, 9.17) is 11.5 Å². The van der Waals surface area contributed by atoms with Crippen LogP contribution in [0.1, 0.15) is 20.7 Å². The number of hydrogen-bond donors (Lipinski definition) is 8. The Morgan fingerprint density at radius 2 is 0.857 bits per heavy atom. The Bertz CT molecular complexity index is 2810. The number of nitrogens with zero attached hydrogens (tertiary/aromatic N) is 4. The van der Waals surface area contributed by atoms with Crippen molar-refractivity contribution in [3.8, 4) is 22.6 Å². The Morgan fingerprint density at radius 1 is 0.518 bits per heavy atom. The lowest BCUT2D eigenvalue weighted by molar-refractivity contribution is 0.0686. The van der Waals surface area contributed by atoms with Crippen molar-refractivity contribution in [2.24, 2.45) is 20.5 Å². The standard InChI is InChI=1S/C34H22I2N6O12S2/c35-17-3-7-23(43)29-27(17)25(55(49,50)51)11-21(31(29)37)41-39-19-5-1-13(9-15(19)33(45)46)14-2-6-20(16(10-14)34(47)48)40-42-22-12-26(56(52,53)54)28-18(36)4-8-24(44)30(28)32(22)38/h1-12,43-44H,37-38H2,(H,45,46)(H,47,48)(H,49,50,51)(H,52,53,54). The van der Waals surface area contributed by atoms with E-state index in [2.05, 4.69) is 20.5 Å². The van der Waals surface area contributed by atoms with Crippen LogP contribution in [0, 0.1) is 7.14 Å². The minimum absolute atomic E-state index is 0.0625. The lowest BCUT2D eigenvalue weighted by Crippen LogP contribution is -2.02. The zero-order valence-electron chi connectivity index (χ0n) is 27.6. The summed E-state index contributed by atoms with van der Waals surface area (Å²) in [6, 6.07) is 14.8. The summed E-state index contributed by atoms with van der Waals surface area (Å²) in [6.07, 6.45) is 0. The Hall–Kier alpha value is -5.54. The molecule has 0 aliphatic heterocycles. The first-order chi connectivity index (χ1) is 26.2. The molecule has 56 heavy (non-hydrogen) atoms. The predicted octanol–water partition coefficient (Wildman–Crippen LogP) is 8.17. The number of carboxylic acid groups (broad SMARTS) is 2. The number of rotatable bonds is 9. The summed E-state index contributed by atoms with van der Waals surface area (Å²) in [7, 11) is -9.73. The van der Waals surface area contributed by atoms with Gasteiger partial charge in [0.15, 0.2) is 0 Å². The van der Waals surface area contributed by atoms with Gasteiger partial charge in [-0.3, -0.25) is 9.11 Å². The molecule has 286 valence electrons. The quantitative estimate of drug-likeness (QED) is 0.0293. The van der Waals surface area contributed by atoms with E-state index in [1.807, 2.05) is 0 Å². The number of benzene rings is 6. The highest BCUT2D eigenvalue weighted by molar-refractivity contribution is 14.1. The fraction of sp³-hybridized carbons (Fsp3) is 0. The summed E-state index contributed by atoms with van der Waals surface area (Å²) in [6.45, 7) is 0. The number of azo groups is 2. The monoisotopic (exact) mass is 1020 g/mol. The lowest BCUT2D eigenvalue weighted by atomic mass is 9.99. The van der Waals surface area contributed by atoms with Gasteiger partial charge in [-0.25, -0.2) is 9.59 Å². The molecule has 0 saturated carbocycles. The number of hydrogen-bond acceptors (Lipinski definition) is 14. The molecular weight excluding hydrogens is 1000 g/mol. The fourth-order valence-corrected chi connectivity index (χ4v) is 9.01. The van der Waals surface area contributed by atoms with Crippen LogP contribution in [-0.4, -0.2) is 58.3 Å². The number of anilines is 2. The molecule has 0 fully saturated rings. The van der Waals surface area contributed by atoms with E-state index >= 15 is 0 Å². The first-order valence-electron chi connectivity index (χ1n) is 15.2. The minimum Gasteiger partial charge on any atom is -0.507 e. The molecule has 0 aliphatic rings. The van der Waals surface area contributed by atoms with Gasteiger partial charge < -0.3 is 31.9 Å². The number of aromatic carboxylic acids is 2. The van der Waals surface area contributed by atoms with Crippen molar-refractivity contribution < 1.29 is 56.0 Å². The molecule has 10 N–H and O–H groups in total. The lowest BCUT2D eigenvalue weighted by Gasteiger charge is -2.13. The van der Waals surface area contributed by atoms with E-state index < -0.39 is 64.6 Å². The van der Waals surface area contributed by atoms with Gasteiger partial charge in [0.1, 0.15) is 44.0 Å². The highest BCUT2D eigenvalue weighted by Gasteiger charge is 2.25. The first-order valence-corrected chi connectivity index (χ1v) is 20.2. The van der Waals surface area contributed by atoms with Crippen molar-refractivity contribution in [3.05, 3.63) is 91.1 Å². The van der Waals surface area contributed by atoms with Crippen LogP contribution < -0.4 is 11.5 Å². The number of phenols is 2. The summed E-state index contributed by atoms with van der Waals surface area (Å²) in [5, 5.41) is 56.4. The molecular formula is C34H22I2N6O12S2. The second-order valence-electron chi connectivity index (χ2n) is 11.7. The number of phenolic OH excluding ortho intramolecular Hbond substituents is 2. The van der Waals surface area contributed by atoms with Gasteiger partial charge in [0.2, 0.25) is 0 Å². The number of nitrogens with two attached hydrogens (primary N) is 2. The maximum absolute atomic E-state index is 12.3. The highest BCUT2D eigenvalue weighted by atomic mass is 127. The third-order valence-corrected chi connectivity index (χ3v) is 11.8. The van der Waals surface area contributed by atoms with Crippen molar-refractivity contribution in [1.29, 1.82) is 0 Å². The zero-order chi connectivity index (χ0) is 41.0. The van der Waals surface area contributed by atoms with Crippen molar-refractivity contribution in [2.45, 2.75) is 9.79 Å². The number of halogens is 2. The van der Waals surface area contributed by atoms with E-state index in [1.54, 1.807) is 45.2 Å². The molecule has 0 aromatic heterocycles. The normalized spacial score (nSPS) is 12.3. The second kappa shape index (κ2) is 14.8. The molecule has 18 nitrogen and oxygen atoms in total. The van der Waals surface area contributed by atoms with E-state index in [0.717, 1.165) is 12.1 Å². The molecule has 6 rings (SSSR count). The third kappa shape index (κ3) is 7.52. The van der Waals surface area contributed by atoms with E-state index in [-0.39, 0.29) is 66.8 Å². The van der Waals surface area contributed by atoms with Gasteiger partial charge in [0.25, 0.3) is 20.2 Å². The van der Waals surface area contributed by atoms with Crippen LogP contribution in [0.5, 0.6) is 11.5 Å². The molecule has 6 aromatic rings. The van der Waals surface area contributed by atoms with E-state index in [0.29, 0.717) is 7.14 Å².